The molecule has 0 unspecified atom stereocenters. The number of hydrogen-bond acceptors (Lipinski definition) is 5. The molecule has 13 heavy (non-hydrogen) atoms. The van der Waals surface area contributed by atoms with E-state index in [-0.39, 0.29) is 6.42 Å². The van der Waals surface area contributed by atoms with Gasteiger partial charge < -0.3 is 21.3 Å². The van der Waals surface area contributed by atoms with Gasteiger partial charge >= 0.3 is 11.9 Å². The molecule has 0 aliphatic rings. The fraction of sp³-hybridized carbons (Fsp3) is 0.500. The third-order valence-corrected chi connectivity index (χ3v) is 1.06. The average molecular weight is 190 g/mol. The molecule has 0 aromatic carbocycles. The smallest absolute Gasteiger partial charge is 0.341 e. The maximum atomic E-state index is 10.8. The number of ether oxygens (including phenoxy) is 1. The highest BCUT2D eigenvalue weighted by Gasteiger charge is 2.18. The summed E-state index contributed by atoms with van der Waals surface area (Å²) in [4.78, 5) is 31.0. The van der Waals surface area contributed by atoms with Crippen molar-refractivity contribution in [3.05, 3.63) is 0 Å². The number of nitrogens with two attached hydrogens (primary N) is 2. The van der Waals surface area contributed by atoms with E-state index in [1.807, 2.05) is 0 Å². The molecule has 7 nitrogen and oxygen atoms in total. The van der Waals surface area contributed by atoms with Crippen LogP contribution < -0.4 is 11.5 Å². The molecular weight excluding hydrogens is 180 g/mol. The number of carbonyl (C=O) groups excluding carboxylic acids is 2. The Morgan fingerprint density at radius 2 is 1.92 bits per heavy atom. The maximum Gasteiger partial charge on any atom is 0.341 e. The van der Waals surface area contributed by atoms with Crippen LogP contribution >= 0.6 is 0 Å². The van der Waals surface area contributed by atoms with Crippen LogP contribution in [0.25, 0.3) is 0 Å². The summed E-state index contributed by atoms with van der Waals surface area (Å²) < 4.78 is 4.19. The maximum absolute atomic E-state index is 10.8. The molecule has 0 radical (unpaired) electrons. The number of rotatable bonds is 5. The molecule has 0 aromatic rings. The van der Waals surface area contributed by atoms with E-state index in [0.29, 0.717) is 0 Å². The predicted octanol–water partition coefficient (Wildman–Crippen LogP) is -2.18. The molecule has 0 saturated carbocycles. The first-order valence-corrected chi connectivity index (χ1v) is 3.35. The van der Waals surface area contributed by atoms with Crippen molar-refractivity contribution in [1.29, 1.82) is 0 Å². The second-order valence-corrected chi connectivity index (χ2v) is 2.28. The number of hydrogen-bond donors (Lipinski definition) is 3. The van der Waals surface area contributed by atoms with Crippen molar-refractivity contribution in [2.45, 2.75) is 12.5 Å². The van der Waals surface area contributed by atoms with Gasteiger partial charge in [-0.3, -0.25) is 9.59 Å². The standard InChI is InChI=1S/C6H10N2O5/c7-3(1-4(8)9)6(12)13-2-5(10)11/h3H,1-2,7H2,(H2,8,9)(H,10,11)/t3-/m0/s1. The van der Waals surface area contributed by atoms with Crippen LogP contribution in [-0.2, 0) is 19.1 Å². The van der Waals surface area contributed by atoms with Gasteiger partial charge in [-0.05, 0) is 0 Å². The monoisotopic (exact) mass is 190 g/mol. The summed E-state index contributed by atoms with van der Waals surface area (Å²) in [6, 6.07) is -1.20. The van der Waals surface area contributed by atoms with Gasteiger partial charge in [0.15, 0.2) is 6.61 Å². The molecule has 0 aromatic heterocycles. The van der Waals surface area contributed by atoms with Gasteiger partial charge in [0.25, 0.3) is 0 Å². The van der Waals surface area contributed by atoms with Crippen molar-refractivity contribution in [1.82, 2.24) is 0 Å². The van der Waals surface area contributed by atoms with Crippen LogP contribution in [0.1, 0.15) is 6.42 Å². The predicted molar refractivity (Wildman–Crippen MR) is 40.4 cm³/mol. The van der Waals surface area contributed by atoms with E-state index in [1.54, 1.807) is 0 Å². The Balaban J connectivity index is 3.82. The summed E-state index contributed by atoms with van der Waals surface area (Å²) in [6.45, 7) is -0.773. The summed E-state index contributed by atoms with van der Waals surface area (Å²) in [5, 5.41) is 8.12. The summed E-state index contributed by atoms with van der Waals surface area (Å²) in [5.41, 5.74) is 9.88. The van der Waals surface area contributed by atoms with Crippen molar-refractivity contribution >= 4 is 17.8 Å². The number of carboxylic acid groups (broad SMARTS) is 1. The molecule has 0 aliphatic carbocycles. The molecule has 5 N–H and O–H groups in total. The average Bonchev–Trinajstić information content (AvgIpc) is 1.98. The summed E-state index contributed by atoms with van der Waals surface area (Å²) in [7, 11) is 0. The third kappa shape index (κ3) is 5.62. The van der Waals surface area contributed by atoms with Crippen molar-refractivity contribution in [2.75, 3.05) is 6.61 Å². The van der Waals surface area contributed by atoms with Crippen molar-refractivity contribution in [2.24, 2.45) is 11.5 Å². The van der Waals surface area contributed by atoms with Crippen molar-refractivity contribution in [3.63, 3.8) is 0 Å². The Morgan fingerprint density at radius 3 is 2.31 bits per heavy atom. The van der Waals surface area contributed by atoms with Crippen LogP contribution in [-0.4, -0.2) is 35.6 Å². The van der Waals surface area contributed by atoms with Crippen molar-refractivity contribution < 1.29 is 24.2 Å². The lowest BCUT2D eigenvalue weighted by molar-refractivity contribution is -0.156. The first-order chi connectivity index (χ1) is 5.93. The zero-order chi connectivity index (χ0) is 10.4. The second-order valence-electron chi connectivity index (χ2n) is 2.28. The van der Waals surface area contributed by atoms with Gasteiger partial charge in [0.05, 0.1) is 6.42 Å². The van der Waals surface area contributed by atoms with E-state index in [9.17, 15) is 14.4 Å². The van der Waals surface area contributed by atoms with E-state index in [0.717, 1.165) is 0 Å². The Hall–Kier alpha value is -1.63. The van der Waals surface area contributed by atoms with Crippen LogP contribution in [0.5, 0.6) is 0 Å². The van der Waals surface area contributed by atoms with Crippen LogP contribution in [0.4, 0.5) is 0 Å². The highest BCUT2D eigenvalue weighted by Crippen LogP contribution is 1.91. The number of primary amides is 1. The number of aliphatic carboxylic acids is 1. The quantitative estimate of drug-likeness (QED) is 0.422. The summed E-state index contributed by atoms with van der Waals surface area (Å²) in [6.07, 6.45) is -0.363. The van der Waals surface area contributed by atoms with Gasteiger partial charge in [-0.1, -0.05) is 0 Å². The number of esters is 1. The fourth-order valence-electron chi connectivity index (χ4n) is 0.540. The van der Waals surface area contributed by atoms with Crippen LogP contribution in [0, 0.1) is 0 Å². The van der Waals surface area contributed by atoms with E-state index >= 15 is 0 Å². The molecule has 0 rings (SSSR count). The van der Waals surface area contributed by atoms with Crippen LogP contribution in [0.15, 0.2) is 0 Å². The molecule has 74 valence electrons. The van der Waals surface area contributed by atoms with Crippen LogP contribution in [0.2, 0.25) is 0 Å². The molecule has 0 fully saturated rings. The van der Waals surface area contributed by atoms with Gasteiger partial charge in [-0.2, -0.15) is 0 Å². The number of carbonyl (C=O) groups is 3. The first kappa shape index (κ1) is 11.4. The lowest BCUT2D eigenvalue weighted by atomic mass is 10.2. The fourth-order valence-corrected chi connectivity index (χ4v) is 0.540. The van der Waals surface area contributed by atoms with Gasteiger partial charge in [0.2, 0.25) is 5.91 Å². The molecule has 1 atom stereocenters. The molecule has 0 saturated heterocycles. The van der Waals surface area contributed by atoms with Gasteiger partial charge in [0, 0.05) is 0 Å². The first-order valence-electron chi connectivity index (χ1n) is 3.35. The Morgan fingerprint density at radius 1 is 1.38 bits per heavy atom. The number of amides is 1. The lowest BCUT2D eigenvalue weighted by Crippen LogP contribution is -2.37. The van der Waals surface area contributed by atoms with E-state index in [2.05, 4.69) is 4.74 Å². The highest BCUT2D eigenvalue weighted by molar-refractivity contribution is 5.85. The van der Waals surface area contributed by atoms with E-state index < -0.39 is 30.5 Å². The summed E-state index contributed by atoms with van der Waals surface area (Å²) in [5.74, 6) is -3.00. The third-order valence-electron chi connectivity index (χ3n) is 1.06. The minimum atomic E-state index is -1.29. The van der Waals surface area contributed by atoms with Gasteiger partial charge in [-0.15, -0.1) is 0 Å². The SMILES string of the molecule is NC(=O)C[C@H](N)C(=O)OCC(=O)O. The van der Waals surface area contributed by atoms with Crippen molar-refractivity contribution in [3.8, 4) is 0 Å². The van der Waals surface area contributed by atoms with E-state index in [1.165, 1.54) is 0 Å². The topological polar surface area (TPSA) is 133 Å². The van der Waals surface area contributed by atoms with Gasteiger partial charge in [-0.25, -0.2) is 4.79 Å². The molecule has 0 bridgehead atoms. The van der Waals surface area contributed by atoms with Crippen LogP contribution in [0.3, 0.4) is 0 Å². The Kier molecular flexibility index (Phi) is 4.45. The summed E-state index contributed by atoms with van der Waals surface area (Å²) >= 11 is 0. The molecule has 0 heterocycles. The number of carboxylic acids is 1. The molecule has 7 heteroatoms. The molecule has 0 aliphatic heterocycles. The minimum absolute atomic E-state index is 0.363. The molecule has 1 amide bonds. The van der Waals surface area contributed by atoms with E-state index in [4.69, 9.17) is 16.6 Å². The highest BCUT2D eigenvalue weighted by atomic mass is 16.6. The zero-order valence-corrected chi connectivity index (χ0v) is 6.73. The lowest BCUT2D eigenvalue weighted by Gasteiger charge is -2.07. The zero-order valence-electron chi connectivity index (χ0n) is 6.73. The second kappa shape index (κ2) is 5.09. The Labute approximate surface area is 73.6 Å². The molecular formula is C6H10N2O5. The molecule has 0 spiro atoms. The normalized spacial score (nSPS) is 11.8. The minimum Gasteiger partial charge on any atom is -0.479 e. The largest absolute Gasteiger partial charge is 0.479 e. The Bertz CT molecular complexity index is 227. The van der Waals surface area contributed by atoms with Gasteiger partial charge in [0.1, 0.15) is 6.04 Å².